The van der Waals surface area contributed by atoms with Gasteiger partial charge in [0.25, 0.3) is 0 Å². The van der Waals surface area contributed by atoms with Gasteiger partial charge in [-0.1, -0.05) is 11.2 Å². The summed E-state index contributed by atoms with van der Waals surface area (Å²) in [5.41, 5.74) is 7.62. The average molecular weight is 450 g/mol. The second-order valence-corrected chi connectivity index (χ2v) is 8.27. The van der Waals surface area contributed by atoms with Crippen LogP contribution >= 0.6 is 0 Å². The van der Waals surface area contributed by atoms with Crippen molar-refractivity contribution in [2.45, 2.75) is 39.2 Å². The van der Waals surface area contributed by atoms with Crippen LogP contribution in [0, 0.1) is 19.7 Å². The van der Waals surface area contributed by atoms with Crippen molar-refractivity contribution in [3.05, 3.63) is 64.7 Å². The first-order valence-electron chi connectivity index (χ1n) is 10.3. The zero-order valence-electron chi connectivity index (χ0n) is 18.7. The number of aliphatic imine (C=N–C) groups is 1. The van der Waals surface area contributed by atoms with Gasteiger partial charge in [-0.2, -0.15) is 0 Å². The maximum Gasteiger partial charge on any atom is 0.231 e. The molecule has 9 nitrogen and oxygen atoms in total. The number of carbonyl (C=O) groups excluding carboxylic acids is 2. The van der Waals surface area contributed by atoms with Gasteiger partial charge in [-0.15, -0.1) is 0 Å². The van der Waals surface area contributed by atoms with Gasteiger partial charge in [0.15, 0.2) is 11.7 Å². The van der Waals surface area contributed by atoms with Crippen molar-refractivity contribution in [2.75, 3.05) is 7.05 Å². The standard InChI is InChI=1S/C23H23FN6O3/c1-12-21(13(2)33-29-12)18-11-26-17(10-27-18)19(31)8-14-5-6-16(24)15(7-14)23(3)9-20(32)30(4)22(25)28-23/h5-7,10-11H,8-9H2,1-4H3,(H2,25,28). The molecule has 2 aromatic heterocycles. The van der Waals surface area contributed by atoms with Gasteiger partial charge in [-0.25, -0.2) is 14.4 Å². The number of Topliss-reactive ketones (excluding diaryl/α,β-unsaturated/α-hetero) is 1. The number of aryl methyl sites for hydroxylation is 2. The van der Waals surface area contributed by atoms with Crippen molar-refractivity contribution < 1.29 is 18.5 Å². The molecule has 10 heteroatoms. The number of benzene rings is 1. The van der Waals surface area contributed by atoms with E-state index in [4.69, 9.17) is 10.3 Å². The number of hydrogen-bond acceptors (Lipinski definition) is 8. The van der Waals surface area contributed by atoms with Gasteiger partial charge in [0.2, 0.25) is 5.91 Å². The molecule has 1 unspecified atom stereocenters. The Balaban J connectivity index is 1.58. The topological polar surface area (TPSA) is 128 Å². The van der Waals surface area contributed by atoms with E-state index in [9.17, 15) is 14.0 Å². The van der Waals surface area contributed by atoms with Gasteiger partial charge >= 0.3 is 0 Å². The summed E-state index contributed by atoms with van der Waals surface area (Å²) >= 11 is 0. The molecule has 33 heavy (non-hydrogen) atoms. The normalized spacial score (nSPS) is 18.4. The van der Waals surface area contributed by atoms with Crippen molar-refractivity contribution in [2.24, 2.45) is 10.7 Å². The number of amides is 1. The van der Waals surface area contributed by atoms with Gasteiger partial charge in [0, 0.05) is 19.0 Å². The molecular formula is C23H23FN6O3. The van der Waals surface area contributed by atoms with Crippen molar-refractivity contribution in [3.8, 4) is 11.3 Å². The van der Waals surface area contributed by atoms with Gasteiger partial charge in [0.05, 0.1) is 41.3 Å². The summed E-state index contributed by atoms with van der Waals surface area (Å²) < 4.78 is 19.8. The van der Waals surface area contributed by atoms with Crippen LogP contribution < -0.4 is 5.73 Å². The molecule has 3 heterocycles. The number of aromatic nitrogens is 3. The molecule has 1 aliphatic heterocycles. The van der Waals surface area contributed by atoms with E-state index in [0.717, 1.165) is 5.56 Å². The van der Waals surface area contributed by atoms with Crippen LogP contribution in [0.25, 0.3) is 11.3 Å². The summed E-state index contributed by atoms with van der Waals surface area (Å²) in [5.74, 6) is -0.434. The SMILES string of the molecule is Cc1noc(C)c1-c1cnc(C(=O)Cc2ccc(F)c(C3(C)CC(=O)N(C)C(N)=N3)c2)cn1. The summed E-state index contributed by atoms with van der Waals surface area (Å²) in [4.78, 5) is 39.2. The minimum Gasteiger partial charge on any atom is -0.369 e. The van der Waals surface area contributed by atoms with Gasteiger partial charge in [0.1, 0.15) is 17.3 Å². The van der Waals surface area contributed by atoms with E-state index in [-0.39, 0.29) is 41.7 Å². The minimum atomic E-state index is -1.16. The number of nitrogens with two attached hydrogens (primary N) is 1. The van der Waals surface area contributed by atoms with Crippen LogP contribution in [0.1, 0.15) is 46.4 Å². The summed E-state index contributed by atoms with van der Waals surface area (Å²) in [6.45, 7) is 5.22. The van der Waals surface area contributed by atoms with Crippen LogP contribution in [-0.2, 0) is 16.8 Å². The lowest BCUT2D eigenvalue weighted by molar-refractivity contribution is -0.128. The fourth-order valence-corrected chi connectivity index (χ4v) is 3.88. The van der Waals surface area contributed by atoms with Gasteiger partial charge < -0.3 is 10.3 Å². The molecule has 1 atom stereocenters. The molecule has 170 valence electrons. The highest BCUT2D eigenvalue weighted by atomic mass is 19.1. The molecule has 3 aromatic rings. The minimum absolute atomic E-state index is 0.0169. The summed E-state index contributed by atoms with van der Waals surface area (Å²) in [7, 11) is 1.52. The number of guanidine groups is 1. The zero-order valence-corrected chi connectivity index (χ0v) is 18.7. The molecule has 1 aromatic carbocycles. The molecule has 4 rings (SSSR count). The lowest BCUT2D eigenvalue weighted by Gasteiger charge is -2.34. The van der Waals surface area contributed by atoms with Crippen molar-refractivity contribution in [1.82, 2.24) is 20.0 Å². The Bertz CT molecular complexity index is 1260. The molecule has 0 saturated carbocycles. The van der Waals surface area contributed by atoms with Crippen LogP contribution in [0.3, 0.4) is 0 Å². The second-order valence-electron chi connectivity index (χ2n) is 8.27. The molecule has 0 radical (unpaired) electrons. The fraction of sp³-hybridized carbons (Fsp3) is 0.304. The number of nitrogens with zero attached hydrogens (tertiary/aromatic N) is 5. The molecule has 2 N–H and O–H groups in total. The first kappa shape index (κ1) is 22.3. The fourth-order valence-electron chi connectivity index (χ4n) is 3.88. The van der Waals surface area contributed by atoms with Crippen molar-refractivity contribution in [1.29, 1.82) is 0 Å². The van der Waals surface area contributed by atoms with Crippen molar-refractivity contribution >= 4 is 17.6 Å². The third-order valence-electron chi connectivity index (χ3n) is 5.78. The Morgan fingerprint density at radius 3 is 2.64 bits per heavy atom. The quantitative estimate of drug-likeness (QED) is 0.592. The summed E-state index contributed by atoms with van der Waals surface area (Å²) in [5, 5.41) is 3.90. The molecule has 1 amide bonds. The highest BCUT2D eigenvalue weighted by Gasteiger charge is 2.38. The van der Waals surface area contributed by atoms with Crippen LogP contribution in [0.5, 0.6) is 0 Å². The van der Waals surface area contributed by atoms with E-state index in [1.807, 2.05) is 0 Å². The number of carbonyl (C=O) groups is 2. The van der Waals surface area contributed by atoms with E-state index >= 15 is 0 Å². The first-order valence-corrected chi connectivity index (χ1v) is 10.3. The van der Waals surface area contributed by atoms with Crippen molar-refractivity contribution in [3.63, 3.8) is 0 Å². The highest BCUT2D eigenvalue weighted by Crippen LogP contribution is 2.35. The highest BCUT2D eigenvalue weighted by molar-refractivity contribution is 5.99. The van der Waals surface area contributed by atoms with Crippen LogP contribution in [0.2, 0.25) is 0 Å². The zero-order chi connectivity index (χ0) is 23.9. The Hall–Kier alpha value is -3.95. The third kappa shape index (κ3) is 4.11. The van der Waals surface area contributed by atoms with Gasteiger partial charge in [-0.05, 0) is 38.5 Å². The summed E-state index contributed by atoms with van der Waals surface area (Å²) in [6, 6.07) is 4.34. The lowest BCUT2D eigenvalue weighted by Crippen LogP contribution is -2.47. The second kappa shape index (κ2) is 8.19. The molecule has 0 aliphatic carbocycles. The van der Waals surface area contributed by atoms with E-state index in [1.165, 1.54) is 36.5 Å². The van der Waals surface area contributed by atoms with Crippen LogP contribution in [0.15, 0.2) is 40.1 Å². The van der Waals surface area contributed by atoms with Crippen LogP contribution in [-0.4, -0.2) is 44.7 Å². The Morgan fingerprint density at radius 2 is 2.03 bits per heavy atom. The summed E-state index contributed by atoms with van der Waals surface area (Å²) in [6.07, 6.45) is 2.84. The smallest absolute Gasteiger partial charge is 0.231 e. The predicted octanol–water partition coefficient (Wildman–Crippen LogP) is 2.70. The molecule has 0 spiro atoms. The average Bonchev–Trinajstić information content (AvgIpc) is 3.11. The van der Waals surface area contributed by atoms with E-state index in [0.29, 0.717) is 22.7 Å². The molecule has 0 bridgehead atoms. The number of hydrogen-bond donors (Lipinski definition) is 1. The van der Waals surface area contributed by atoms with Gasteiger partial charge in [-0.3, -0.25) is 19.5 Å². The Labute approximate surface area is 189 Å². The third-order valence-corrected chi connectivity index (χ3v) is 5.78. The van der Waals surface area contributed by atoms with E-state index in [2.05, 4.69) is 20.1 Å². The number of ketones is 1. The molecule has 1 aliphatic rings. The van der Waals surface area contributed by atoms with Crippen LogP contribution in [0.4, 0.5) is 4.39 Å². The maximum absolute atomic E-state index is 14.7. The van der Waals surface area contributed by atoms with E-state index < -0.39 is 11.4 Å². The number of halogens is 1. The Kier molecular flexibility index (Phi) is 5.52. The first-order chi connectivity index (χ1) is 15.6. The number of rotatable bonds is 5. The Morgan fingerprint density at radius 1 is 1.27 bits per heavy atom. The maximum atomic E-state index is 14.7. The monoisotopic (exact) mass is 450 g/mol. The predicted molar refractivity (Wildman–Crippen MR) is 118 cm³/mol. The molecule has 0 fully saturated rings. The molecule has 0 saturated heterocycles. The largest absolute Gasteiger partial charge is 0.369 e. The molecular weight excluding hydrogens is 427 g/mol. The van der Waals surface area contributed by atoms with E-state index in [1.54, 1.807) is 26.8 Å². The lowest BCUT2D eigenvalue weighted by atomic mass is 9.85.